The Morgan fingerprint density at radius 1 is 0.857 bits per heavy atom. The van der Waals surface area contributed by atoms with Gasteiger partial charge in [0, 0.05) is 32.2 Å². The van der Waals surface area contributed by atoms with Gasteiger partial charge in [0.1, 0.15) is 0 Å². The van der Waals surface area contributed by atoms with E-state index in [1.807, 2.05) is 0 Å². The predicted molar refractivity (Wildman–Crippen MR) is 117 cm³/mol. The highest BCUT2D eigenvalue weighted by molar-refractivity contribution is 5.32. The Hall–Kier alpha value is -2.42. The van der Waals surface area contributed by atoms with Crippen molar-refractivity contribution < 1.29 is 0 Å². The molecule has 2 nitrogen and oxygen atoms in total. The lowest BCUT2D eigenvalue weighted by atomic mass is 9.89. The van der Waals surface area contributed by atoms with E-state index in [9.17, 15) is 0 Å². The van der Waals surface area contributed by atoms with Gasteiger partial charge in [0.15, 0.2) is 0 Å². The minimum Gasteiger partial charge on any atom is -0.311 e. The van der Waals surface area contributed by atoms with Gasteiger partial charge in [0.05, 0.1) is 0 Å². The second-order valence-electron chi connectivity index (χ2n) is 7.89. The molecule has 0 fully saturated rings. The van der Waals surface area contributed by atoms with E-state index in [4.69, 9.17) is 0 Å². The van der Waals surface area contributed by atoms with E-state index in [0.717, 1.165) is 39.0 Å². The Morgan fingerprint density at radius 2 is 1.57 bits per heavy atom. The molecule has 1 atom stereocenters. The van der Waals surface area contributed by atoms with Gasteiger partial charge in [-0.1, -0.05) is 78.9 Å². The number of hydrogen-bond donors (Lipinski definition) is 1. The molecule has 4 rings (SSSR count). The fourth-order valence-electron chi connectivity index (χ4n) is 4.25. The van der Waals surface area contributed by atoms with Gasteiger partial charge in [0.2, 0.25) is 0 Å². The average molecular weight is 371 g/mol. The van der Waals surface area contributed by atoms with Crippen molar-refractivity contribution in [3.63, 3.8) is 0 Å². The van der Waals surface area contributed by atoms with E-state index in [0.29, 0.717) is 6.04 Å². The Balaban J connectivity index is 1.42. The molecule has 0 spiro atoms. The Kier molecular flexibility index (Phi) is 6.20. The molecule has 1 heterocycles. The van der Waals surface area contributed by atoms with Crippen molar-refractivity contribution in [1.29, 1.82) is 0 Å². The van der Waals surface area contributed by atoms with Crippen LogP contribution in [0.5, 0.6) is 0 Å². The first-order valence-corrected chi connectivity index (χ1v) is 10.4. The van der Waals surface area contributed by atoms with E-state index in [1.54, 1.807) is 0 Å². The minimum atomic E-state index is 0.564. The number of aryl methyl sites for hydroxylation is 1. The Labute approximate surface area is 169 Å². The van der Waals surface area contributed by atoms with Crippen molar-refractivity contribution in [1.82, 2.24) is 10.2 Å². The molecule has 3 aromatic carbocycles. The molecule has 3 aromatic rings. The van der Waals surface area contributed by atoms with Gasteiger partial charge >= 0.3 is 0 Å². The molecule has 0 radical (unpaired) electrons. The molecular formula is C26H30N2. The van der Waals surface area contributed by atoms with Crippen LogP contribution in [-0.4, -0.2) is 24.0 Å². The van der Waals surface area contributed by atoms with Crippen LogP contribution in [-0.2, 0) is 25.9 Å². The first kappa shape index (κ1) is 18.9. The summed E-state index contributed by atoms with van der Waals surface area (Å²) in [6, 6.07) is 29.0. The van der Waals surface area contributed by atoms with Crippen LogP contribution in [0.3, 0.4) is 0 Å². The lowest BCUT2D eigenvalue weighted by Crippen LogP contribution is -2.44. The molecule has 1 unspecified atom stereocenters. The normalized spacial score (nSPS) is 16.7. The highest BCUT2D eigenvalue weighted by atomic mass is 15.2. The summed E-state index contributed by atoms with van der Waals surface area (Å²) in [6.07, 6.45) is 2.27. The maximum absolute atomic E-state index is 3.63. The third-order valence-electron chi connectivity index (χ3n) is 5.93. The van der Waals surface area contributed by atoms with E-state index < -0.39 is 0 Å². The van der Waals surface area contributed by atoms with Crippen LogP contribution in [0.4, 0.5) is 0 Å². The second kappa shape index (κ2) is 9.18. The Bertz CT molecular complexity index is 888. The van der Waals surface area contributed by atoms with Gasteiger partial charge in [-0.3, -0.25) is 4.90 Å². The Morgan fingerprint density at radius 3 is 2.39 bits per heavy atom. The van der Waals surface area contributed by atoms with Crippen LogP contribution >= 0.6 is 0 Å². The molecule has 0 saturated heterocycles. The monoisotopic (exact) mass is 370 g/mol. The standard InChI is InChI=1S/C26H30N2/c1-21-9-5-6-12-23(21)17-26-18-24-13-7-8-14-25(24)20-28(26)16-15-27-19-22-10-3-2-4-11-22/h2-14,26-27H,15-20H2,1H3. The van der Waals surface area contributed by atoms with Crippen LogP contribution in [0.1, 0.15) is 27.8 Å². The molecule has 0 bridgehead atoms. The quantitative estimate of drug-likeness (QED) is 0.604. The van der Waals surface area contributed by atoms with Gasteiger partial charge in [-0.25, -0.2) is 0 Å². The fraction of sp³-hybridized carbons (Fsp3) is 0.308. The summed E-state index contributed by atoms with van der Waals surface area (Å²) < 4.78 is 0. The van der Waals surface area contributed by atoms with Crippen molar-refractivity contribution in [2.45, 2.75) is 38.9 Å². The SMILES string of the molecule is Cc1ccccc1CC1Cc2ccccc2CN1CCNCc1ccccc1. The largest absolute Gasteiger partial charge is 0.311 e. The van der Waals surface area contributed by atoms with Gasteiger partial charge in [-0.15, -0.1) is 0 Å². The van der Waals surface area contributed by atoms with E-state index in [1.165, 1.54) is 27.8 Å². The molecule has 28 heavy (non-hydrogen) atoms. The average Bonchev–Trinajstić information content (AvgIpc) is 2.74. The lowest BCUT2D eigenvalue weighted by molar-refractivity contribution is 0.170. The molecule has 2 heteroatoms. The lowest BCUT2D eigenvalue weighted by Gasteiger charge is -2.37. The minimum absolute atomic E-state index is 0.564. The summed E-state index contributed by atoms with van der Waals surface area (Å²) in [4.78, 5) is 2.67. The maximum Gasteiger partial charge on any atom is 0.0240 e. The fourth-order valence-corrected chi connectivity index (χ4v) is 4.25. The molecule has 144 valence electrons. The van der Waals surface area contributed by atoms with Crippen molar-refractivity contribution >= 4 is 0 Å². The molecule has 1 N–H and O–H groups in total. The van der Waals surface area contributed by atoms with Crippen LogP contribution in [0.15, 0.2) is 78.9 Å². The summed E-state index contributed by atoms with van der Waals surface area (Å²) in [5.41, 5.74) is 7.25. The number of fused-ring (bicyclic) bond motifs is 1. The van der Waals surface area contributed by atoms with Gasteiger partial charge in [-0.2, -0.15) is 0 Å². The van der Waals surface area contributed by atoms with E-state index >= 15 is 0 Å². The van der Waals surface area contributed by atoms with Crippen molar-refractivity contribution in [2.24, 2.45) is 0 Å². The molecular weight excluding hydrogens is 340 g/mol. The number of rotatable bonds is 7. The zero-order chi connectivity index (χ0) is 19.2. The van der Waals surface area contributed by atoms with Crippen LogP contribution < -0.4 is 5.32 Å². The zero-order valence-electron chi connectivity index (χ0n) is 16.8. The number of nitrogens with one attached hydrogen (secondary N) is 1. The highest BCUT2D eigenvalue weighted by Gasteiger charge is 2.26. The van der Waals surface area contributed by atoms with E-state index in [2.05, 4.69) is 96.0 Å². The summed E-state index contributed by atoms with van der Waals surface area (Å²) in [6.45, 7) is 6.32. The summed E-state index contributed by atoms with van der Waals surface area (Å²) in [5.74, 6) is 0. The van der Waals surface area contributed by atoms with Crippen molar-refractivity contribution in [3.8, 4) is 0 Å². The molecule has 1 aliphatic rings. The van der Waals surface area contributed by atoms with Gasteiger partial charge in [0.25, 0.3) is 0 Å². The van der Waals surface area contributed by atoms with E-state index in [-0.39, 0.29) is 0 Å². The van der Waals surface area contributed by atoms with Crippen LogP contribution in [0.2, 0.25) is 0 Å². The summed E-state index contributed by atoms with van der Waals surface area (Å²) in [7, 11) is 0. The summed E-state index contributed by atoms with van der Waals surface area (Å²) >= 11 is 0. The van der Waals surface area contributed by atoms with Crippen molar-refractivity contribution in [2.75, 3.05) is 13.1 Å². The number of nitrogens with zero attached hydrogens (tertiary/aromatic N) is 1. The first-order chi connectivity index (χ1) is 13.8. The smallest absolute Gasteiger partial charge is 0.0240 e. The molecule has 0 saturated carbocycles. The molecule has 1 aliphatic heterocycles. The number of hydrogen-bond acceptors (Lipinski definition) is 2. The second-order valence-corrected chi connectivity index (χ2v) is 7.89. The molecule has 0 aliphatic carbocycles. The molecule has 0 amide bonds. The highest BCUT2D eigenvalue weighted by Crippen LogP contribution is 2.26. The topological polar surface area (TPSA) is 15.3 Å². The number of benzene rings is 3. The maximum atomic E-state index is 3.63. The zero-order valence-corrected chi connectivity index (χ0v) is 16.8. The summed E-state index contributed by atoms with van der Waals surface area (Å²) in [5, 5.41) is 3.63. The van der Waals surface area contributed by atoms with Gasteiger partial charge in [-0.05, 0) is 47.6 Å². The predicted octanol–water partition coefficient (Wildman–Crippen LogP) is 4.75. The molecule has 0 aromatic heterocycles. The third kappa shape index (κ3) is 4.70. The van der Waals surface area contributed by atoms with Gasteiger partial charge < -0.3 is 5.32 Å². The van der Waals surface area contributed by atoms with Crippen LogP contribution in [0.25, 0.3) is 0 Å². The van der Waals surface area contributed by atoms with Crippen LogP contribution in [0, 0.1) is 6.92 Å². The first-order valence-electron chi connectivity index (χ1n) is 10.4. The van der Waals surface area contributed by atoms with Crippen molar-refractivity contribution in [3.05, 3.63) is 107 Å². The third-order valence-corrected chi connectivity index (χ3v) is 5.93.